The van der Waals surface area contributed by atoms with Gasteiger partial charge in [-0.05, 0) is 36.9 Å². The molecule has 0 radical (unpaired) electrons. The predicted octanol–water partition coefficient (Wildman–Crippen LogP) is 2.50. The molecule has 0 atom stereocenters. The molecule has 2 N–H and O–H groups in total. The van der Waals surface area contributed by atoms with Gasteiger partial charge in [-0.3, -0.25) is 4.79 Å². The minimum absolute atomic E-state index is 0. The minimum Gasteiger partial charge on any atom is -0.355 e. The zero-order valence-electron chi connectivity index (χ0n) is 12.0. The molecule has 1 aromatic rings. The molecule has 3 nitrogen and oxygen atoms in total. The van der Waals surface area contributed by atoms with Crippen LogP contribution in [0.25, 0.3) is 0 Å². The molecule has 0 aliphatic heterocycles. The van der Waals surface area contributed by atoms with Crippen molar-refractivity contribution in [3.63, 3.8) is 0 Å². The zero-order chi connectivity index (χ0) is 13.4. The van der Waals surface area contributed by atoms with Gasteiger partial charge in [0.1, 0.15) is 0 Å². The van der Waals surface area contributed by atoms with Gasteiger partial charge in [0.05, 0.1) is 6.54 Å². The Morgan fingerprint density at radius 3 is 2.37 bits per heavy atom. The summed E-state index contributed by atoms with van der Waals surface area (Å²) >= 11 is 0. The molecule has 1 rings (SSSR count). The SMILES string of the molecule is CNCC(=O)NCCCc1ccc(C(C)C)cc1.Cl. The van der Waals surface area contributed by atoms with Crippen molar-refractivity contribution >= 4 is 18.3 Å². The second-order valence-electron chi connectivity index (χ2n) is 4.88. The molecule has 0 fully saturated rings. The highest BCUT2D eigenvalue weighted by Crippen LogP contribution is 2.15. The third-order valence-corrected chi connectivity index (χ3v) is 2.95. The highest BCUT2D eigenvalue weighted by Gasteiger charge is 2.00. The molecule has 1 amide bonds. The molecule has 0 aromatic heterocycles. The Bertz CT molecular complexity index is 363. The average Bonchev–Trinajstić information content (AvgIpc) is 2.35. The molecule has 0 bridgehead atoms. The van der Waals surface area contributed by atoms with Crippen LogP contribution in [0.4, 0.5) is 0 Å². The molecule has 0 spiro atoms. The fourth-order valence-electron chi connectivity index (χ4n) is 1.81. The average molecular weight is 285 g/mol. The normalized spacial score (nSPS) is 10.1. The van der Waals surface area contributed by atoms with Crippen LogP contribution in [0.5, 0.6) is 0 Å². The van der Waals surface area contributed by atoms with Crippen molar-refractivity contribution in [2.45, 2.75) is 32.6 Å². The van der Waals surface area contributed by atoms with Crippen LogP contribution in [0.2, 0.25) is 0 Å². The second kappa shape index (κ2) is 9.82. The van der Waals surface area contributed by atoms with Crippen molar-refractivity contribution < 1.29 is 4.79 Å². The quantitative estimate of drug-likeness (QED) is 0.756. The summed E-state index contributed by atoms with van der Waals surface area (Å²) in [5.74, 6) is 0.646. The van der Waals surface area contributed by atoms with E-state index in [-0.39, 0.29) is 18.3 Å². The minimum atomic E-state index is 0. The van der Waals surface area contributed by atoms with E-state index in [1.54, 1.807) is 7.05 Å². The zero-order valence-corrected chi connectivity index (χ0v) is 12.8. The van der Waals surface area contributed by atoms with Crippen LogP contribution < -0.4 is 10.6 Å². The van der Waals surface area contributed by atoms with Crippen LogP contribution in [0.1, 0.15) is 37.3 Å². The fourth-order valence-corrected chi connectivity index (χ4v) is 1.81. The number of carbonyl (C=O) groups is 1. The number of carbonyl (C=O) groups excluding carboxylic acids is 1. The molecule has 0 unspecified atom stereocenters. The van der Waals surface area contributed by atoms with Crippen molar-refractivity contribution in [2.24, 2.45) is 0 Å². The molecule has 0 aliphatic rings. The van der Waals surface area contributed by atoms with Gasteiger partial charge in [-0.15, -0.1) is 12.4 Å². The first kappa shape index (κ1) is 17.9. The topological polar surface area (TPSA) is 41.1 Å². The van der Waals surface area contributed by atoms with Crippen molar-refractivity contribution in [2.75, 3.05) is 20.1 Å². The molecule has 1 aromatic carbocycles. The summed E-state index contributed by atoms with van der Waals surface area (Å²) in [5, 5.41) is 5.71. The van der Waals surface area contributed by atoms with Gasteiger partial charge in [0.15, 0.2) is 0 Å². The van der Waals surface area contributed by atoms with Gasteiger partial charge < -0.3 is 10.6 Å². The number of hydrogen-bond acceptors (Lipinski definition) is 2. The third kappa shape index (κ3) is 7.19. The van der Waals surface area contributed by atoms with Gasteiger partial charge in [-0.2, -0.15) is 0 Å². The Labute approximate surface area is 122 Å². The number of benzene rings is 1. The lowest BCUT2D eigenvalue weighted by molar-refractivity contribution is -0.120. The first-order valence-electron chi connectivity index (χ1n) is 6.63. The monoisotopic (exact) mass is 284 g/mol. The van der Waals surface area contributed by atoms with Gasteiger partial charge in [0, 0.05) is 6.54 Å². The molecular formula is C15H25ClN2O. The van der Waals surface area contributed by atoms with Gasteiger partial charge in [-0.25, -0.2) is 0 Å². The number of likely N-dealkylation sites (N-methyl/N-ethyl adjacent to an activating group) is 1. The van der Waals surface area contributed by atoms with Crippen molar-refractivity contribution in [1.82, 2.24) is 10.6 Å². The summed E-state index contributed by atoms with van der Waals surface area (Å²) in [5.41, 5.74) is 2.71. The van der Waals surface area contributed by atoms with E-state index in [9.17, 15) is 4.79 Å². The fraction of sp³-hybridized carbons (Fsp3) is 0.533. The van der Waals surface area contributed by atoms with E-state index in [1.165, 1.54) is 11.1 Å². The number of hydrogen-bond donors (Lipinski definition) is 2. The summed E-state index contributed by atoms with van der Waals surface area (Å²) in [6.45, 7) is 5.54. The Hall–Kier alpha value is -1.06. The maximum Gasteiger partial charge on any atom is 0.233 e. The summed E-state index contributed by atoms with van der Waals surface area (Å²) < 4.78 is 0. The van der Waals surface area contributed by atoms with E-state index >= 15 is 0 Å². The first-order valence-corrected chi connectivity index (χ1v) is 6.63. The standard InChI is InChI=1S/C15H24N2O.ClH/c1-12(2)14-8-6-13(7-9-14)5-4-10-17-15(18)11-16-3;/h6-9,12,16H,4-5,10-11H2,1-3H3,(H,17,18);1H. The smallest absolute Gasteiger partial charge is 0.233 e. The van der Waals surface area contributed by atoms with Crippen molar-refractivity contribution in [3.8, 4) is 0 Å². The van der Waals surface area contributed by atoms with Crippen molar-refractivity contribution in [1.29, 1.82) is 0 Å². The number of aryl methyl sites for hydroxylation is 1. The van der Waals surface area contributed by atoms with E-state index < -0.39 is 0 Å². The summed E-state index contributed by atoms with van der Waals surface area (Å²) in [6.07, 6.45) is 1.99. The number of rotatable bonds is 7. The van der Waals surface area contributed by atoms with Crippen molar-refractivity contribution in [3.05, 3.63) is 35.4 Å². The number of amides is 1. The Morgan fingerprint density at radius 1 is 1.21 bits per heavy atom. The van der Waals surface area contributed by atoms with Gasteiger partial charge in [-0.1, -0.05) is 38.1 Å². The van der Waals surface area contributed by atoms with Crippen LogP contribution >= 0.6 is 12.4 Å². The van der Waals surface area contributed by atoms with Gasteiger partial charge in [0.25, 0.3) is 0 Å². The van der Waals surface area contributed by atoms with E-state index in [1.807, 2.05) is 0 Å². The largest absolute Gasteiger partial charge is 0.355 e. The van der Waals surface area contributed by atoms with Crippen LogP contribution in [0.3, 0.4) is 0 Å². The Balaban J connectivity index is 0.00000324. The molecule has 19 heavy (non-hydrogen) atoms. The number of halogens is 1. The van der Waals surface area contributed by atoms with E-state index in [0.717, 1.165) is 19.4 Å². The van der Waals surface area contributed by atoms with E-state index in [4.69, 9.17) is 0 Å². The molecule has 4 heteroatoms. The maximum absolute atomic E-state index is 11.2. The van der Waals surface area contributed by atoms with Crippen LogP contribution in [-0.4, -0.2) is 26.0 Å². The highest BCUT2D eigenvalue weighted by molar-refractivity contribution is 5.85. The molecule has 0 heterocycles. The molecule has 0 aliphatic carbocycles. The van der Waals surface area contributed by atoms with E-state index in [2.05, 4.69) is 48.7 Å². The van der Waals surface area contributed by atoms with Crippen LogP contribution in [0, 0.1) is 0 Å². The first-order chi connectivity index (χ1) is 8.63. The highest BCUT2D eigenvalue weighted by atomic mass is 35.5. The predicted molar refractivity (Wildman–Crippen MR) is 83.0 cm³/mol. The lowest BCUT2D eigenvalue weighted by atomic mass is 10.0. The Morgan fingerprint density at radius 2 is 1.84 bits per heavy atom. The Kier molecular flexibility index (Phi) is 9.27. The molecular weight excluding hydrogens is 260 g/mol. The lowest BCUT2D eigenvalue weighted by Gasteiger charge is -2.07. The number of nitrogens with one attached hydrogen (secondary N) is 2. The van der Waals surface area contributed by atoms with Crippen LogP contribution in [-0.2, 0) is 11.2 Å². The molecule has 0 saturated carbocycles. The molecule has 0 saturated heterocycles. The molecule has 108 valence electrons. The maximum atomic E-state index is 11.2. The third-order valence-electron chi connectivity index (χ3n) is 2.95. The van der Waals surface area contributed by atoms with E-state index in [0.29, 0.717) is 12.5 Å². The van der Waals surface area contributed by atoms with Gasteiger partial charge >= 0.3 is 0 Å². The second-order valence-corrected chi connectivity index (χ2v) is 4.88. The summed E-state index contributed by atoms with van der Waals surface area (Å²) in [7, 11) is 1.77. The van der Waals surface area contributed by atoms with Crippen LogP contribution in [0.15, 0.2) is 24.3 Å². The summed E-state index contributed by atoms with van der Waals surface area (Å²) in [6, 6.07) is 8.76. The lowest BCUT2D eigenvalue weighted by Crippen LogP contribution is -2.32. The summed E-state index contributed by atoms with van der Waals surface area (Å²) in [4.78, 5) is 11.2. The van der Waals surface area contributed by atoms with Gasteiger partial charge in [0.2, 0.25) is 5.91 Å².